The van der Waals surface area contributed by atoms with Crippen LogP contribution in [0.25, 0.3) is 0 Å². The first-order valence-electron chi connectivity index (χ1n) is 8.85. The summed E-state index contributed by atoms with van der Waals surface area (Å²) in [6, 6.07) is 3.66. The molecule has 2 N–H and O–H groups in total. The Labute approximate surface area is 153 Å². The first-order valence-corrected chi connectivity index (χ1v) is 8.85. The Morgan fingerprint density at radius 1 is 1.42 bits per heavy atom. The number of nitrogens with one attached hydrogen (secondary N) is 1. The number of hydrogen-bond donors (Lipinski definition) is 2. The summed E-state index contributed by atoms with van der Waals surface area (Å²) in [4.78, 5) is 22.8. The van der Waals surface area contributed by atoms with Crippen molar-refractivity contribution < 1.29 is 9.90 Å². The minimum absolute atomic E-state index is 0.152. The lowest BCUT2D eigenvalue weighted by molar-refractivity contribution is 0.0824. The molecule has 26 heavy (non-hydrogen) atoms. The van der Waals surface area contributed by atoms with E-state index < -0.39 is 6.10 Å². The Morgan fingerprint density at radius 3 is 2.77 bits per heavy atom. The van der Waals surface area contributed by atoms with Crippen molar-refractivity contribution in [3.8, 4) is 0 Å². The molecule has 1 unspecified atom stereocenters. The number of aliphatic hydroxyl groups is 1. The van der Waals surface area contributed by atoms with E-state index in [0.717, 1.165) is 37.6 Å². The van der Waals surface area contributed by atoms with Gasteiger partial charge in [0.25, 0.3) is 5.91 Å². The molecule has 1 aliphatic rings. The number of rotatable bonds is 6. The first-order chi connectivity index (χ1) is 12.6. The average Bonchev–Trinajstić information content (AvgIpc) is 3.11. The smallest absolute Gasteiger partial charge is 0.253 e. The molecule has 0 bridgehead atoms. The van der Waals surface area contributed by atoms with Crippen molar-refractivity contribution >= 4 is 11.7 Å². The molecule has 1 fully saturated rings. The van der Waals surface area contributed by atoms with E-state index in [-0.39, 0.29) is 11.8 Å². The van der Waals surface area contributed by atoms with Crippen LogP contribution < -0.4 is 10.2 Å². The molecule has 0 aromatic carbocycles. The van der Waals surface area contributed by atoms with E-state index in [0.29, 0.717) is 12.1 Å². The lowest BCUT2D eigenvalue weighted by Gasteiger charge is -2.34. The quantitative estimate of drug-likeness (QED) is 0.771. The molecular formula is C19H25N5O2. The molecule has 1 aliphatic heterocycles. The molecule has 1 amide bonds. The van der Waals surface area contributed by atoms with Gasteiger partial charge in [-0.25, -0.2) is 9.97 Å². The minimum Gasteiger partial charge on any atom is -0.385 e. The van der Waals surface area contributed by atoms with Gasteiger partial charge in [-0.05, 0) is 30.9 Å². The highest BCUT2D eigenvalue weighted by molar-refractivity contribution is 5.94. The molecule has 7 nitrogen and oxygen atoms in total. The summed E-state index contributed by atoms with van der Waals surface area (Å²) >= 11 is 0. The van der Waals surface area contributed by atoms with Crippen LogP contribution >= 0.6 is 0 Å². The molecule has 0 radical (unpaired) electrons. The van der Waals surface area contributed by atoms with Gasteiger partial charge in [-0.15, -0.1) is 6.58 Å². The average molecular weight is 355 g/mol. The predicted octanol–water partition coefficient (Wildman–Crippen LogP) is 1.68. The summed E-state index contributed by atoms with van der Waals surface area (Å²) in [5.41, 5.74) is 0.538. The standard InChI is InChI=1S/C19H25N5O2/c1-3-8-21-19(26)15-4-5-16(22-13-15)24-10-6-14(7-11-24)17(25)18-20-9-12-23(18)2/h3-5,9,12-14,17,25H,1,6-8,10-11H2,2H3,(H,21,26). The van der Waals surface area contributed by atoms with Crippen LogP contribution in [0.15, 0.2) is 43.4 Å². The van der Waals surface area contributed by atoms with Gasteiger partial charge in [0.15, 0.2) is 0 Å². The molecule has 3 heterocycles. The van der Waals surface area contributed by atoms with Crippen LogP contribution in [0.4, 0.5) is 5.82 Å². The number of amides is 1. The van der Waals surface area contributed by atoms with E-state index in [4.69, 9.17) is 0 Å². The van der Waals surface area contributed by atoms with Crippen LogP contribution in [0.2, 0.25) is 0 Å². The largest absolute Gasteiger partial charge is 0.385 e. The molecule has 7 heteroatoms. The second-order valence-corrected chi connectivity index (χ2v) is 6.57. The molecule has 3 rings (SSSR count). The Balaban J connectivity index is 1.57. The number of carbonyl (C=O) groups is 1. The number of carbonyl (C=O) groups excluding carboxylic acids is 1. The number of nitrogens with zero attached hydrogens (tertiary/aromatic N) is 4. The zero-order chi connectivity index (χ0) is 18.5. The summed E-state index contributed by atoms with van der Waals surface area (Å²) in [7, 11) is 1.90. The SMILES string of the molecule is C=CCNC(=O)c1ccc(N2CCC(C(O)c3nccn3C)CC2)nc1. The van der Waals surface area contributed by atoms with E-state index in [2.05, 4.69) is 26.8 Å². The molecule has 0 saturated carbocycles. The van der Waals surface area contributed by atoms with Gasteiger partial charge >= 0.3 is 0 Å². The number of imidazole rings is 1. The van der Waals surface area contributed by atoms with Crippen molar-refractivity contribution in [2.24, 2.45) is 13.0 Å². The number of aromatic nitrogens is 3. The highest BCUT2D eigenvalue weighted by atomic mass is 16.3. The predicted molar refractivity (Wildman–Crippen MR) is 99.9 cm³/mol. The maximum atomic E-state index is 11.9. The van der Waals surface area contributed by atoms with E-state index in [1.165, 1.54) is 0 Å². The van der Waals surface area contributed by atoms with Crippen molar-refractivity contribution in [2.45, 2.75) is 18.9 Å². The zero-order valence-corrected chi connectivity index (χ0v) is 15.0. The van der Waals surface area contributed by atoms with Crippen LogP contribution in [0.5, 0.6) is 0 Å². The highest BCUT2D eigenvalue weighted by Crippen LogP contribution is 2.31. The Kier molecular flexibility index (Phi) is 5.68. The van der Waals surface area contributed by atoms with Crippen LogP contribution in [0, 0.1) is 5.92 Å². The summed E-state index contributed by atoms with van der Waals surface area (Å²) < 4.78 is 1.87. The molecule has 2 aromatic rings. The third-order valence-corrected chi connectivity index (χ3v) is 4.85. The van der Waals surface area contributed by atoms with Crippen molar-refractivity contribution in [1.29, 1.82) is 0 Å². The summed E-state index contributed by atoms with van der Waals surface area (Å²) in [6.45, 7) is 5.66. The fourth-order valence-electron chi connectivity index (χ4n) is 3.29. The monoisotopic (exact) mass is 355 g/mol. The zero-order valence-electron chi connectivity index (χ0n) is 15.0. The third-order valence-electron chi connectivity index (χ3n) is 4.85. The molecule has 138 valence electrons. The van der Waals surface area contributed by atoms with Crippen molar-refractivity contribution in [2.75, 3.05) is 24.5 Å². The maximum Gasteiger partial charge on any atom is 0.253 e. The number of piperidine rings is 1. The van der Waals surface area contributed by atoms with Gasteiger partial charge in [0.05, 0.1) is 5.56 Å². The van der Waals surface area contributed by atoms with Crippen LogP contribution in [0.1, 0.15) is 35.1 Å². The molecule has 1 saturated heterocycles. The Bertz CT molecular complexity index is 748. The second-order valence-electron chi connectivity index (χ2n) is 6.57. The third kappa shape index (κ3) is 3.94. The maximum absolute atomic E-state index is 11.9. The van der Waals surface area contributed by atoms with E-state index in [9.17, 15) is 9.90 Å². The van der Waals surface area contributed by atoms with Gasteiger partial charge < -0.3 is 19.9 Å². The lowest BCUT2D eigenvalue weighted by atomic mass is 9.90. The van der Waals surface area contributed by atoms with Gasteiger partial charge in [-0.2, -0.15) is 0 Å². The van der Waals surface area contributed by atoms with E-state index in [1.54, 1.807) is 24.5 Å². The fourth-order valence-corrected chi connectivity index (χ4v) is 3.29. The molecular weight excluding hydrogens is 330 g/mol. The number of aliphatic hydroxyl groups excluding tert-OH is 1. The van der Waals surface area contributed by atoms with E-state index >= 15 is 0 Å². The van der Waals surface area contributed by atoms with Crippen molar-refractivity contribution in [3.05, 3.63) is 54.8 Å². The van der Waals surface area contributed by atoms with Gasteiger partial charge in [0.1, 0.15) is 17.7 Å². The number of anilines is 1. The van der Waals surface area contributed by atoms with Crippen molar-refractivity contribution in [1.82, 2.24) is 19.9 Å². The first kappa shape index (κ1) is 18.1. The van der Waals surface area contributed by atoms with Gasteiger partial charge in [0.2, 0.25) is 0 Å². The Morgan fingerprint density at radius 2 is 2.19 bits per heavy atom. The highest BCUT2D eigenvalue weighted by Gasteiger charge is 2.28. The minimum atomic E-state index is -0.541. The second kappa shape index (κ2) is 8.14. The van der Waals surface area contributed by atoms with Crippen molar-refractivity contribution in [3.63, 3.8) is 0 Å². The number of aryl methyl sites for hydroxylation is 1. The lowest BCUT2D eigenvalue weighted by Crippen LogP contribution is -2.36. The summed E-state index contributed by atoms with van der Waals surface area (Å²) in [6.07, 6.45) is 8.01. The summed E-state index contributed by atoms with van der Waals surface area (Å²) in [5.74, 6) is 1.61. The van der Waals surface area contributed by atoms with Gasteiger partial charge in [0, 0.05) is 45.3 Å². The molecule has 0 spiro atoms. The fraction of sp³-hybridized carbons (Fsp3) is 0.421. The topological polar surface area (TPSA) is 83.3 Å². The molecule has 0 aliphatic carbocycles. The Hall–Kier alpha value is -2.67. The van der Waals surface area contributed by atoms with Gasteiger partial charge in [-0.1, -0.05) is 6.08 Å². The van der Waals surface area contributed by atoms with Gasteiger partial charge in [-0.3, -0.25) is 4.79 Å². The molecule has 1 atom stereocenters. The molecule has 2 aromatic heterocycles. The number of pyridine rings is 1. The van der Waals surface area contributed by atoms with E-state index in [1.807, 2.05) is 23.9 Å². The summed E-state index contributed by atoms with van der Waals surface area (Å²) in [5, 5.41) is 13.3. The van der Waals surface area contributed by atoms with Crippen LogP contribution in [0.3, 0.4) is 0 Å². The number of hydrogen-bond acceptors (Lipinski definition) is 5. The van der Waals surface area contributed by atoms with Crippen LogP contribution in [-0.2, 0) is 7.05 Å². The van der Waals surface area contributed by atoms with Crippen LogP contribution in [-0.4, -0.2) is 45.2 Å². The normalized spacial score (nSPS) is 16.3.